The van der Waals surface area contributed by atoms with Crippen LogP contribution < -0.4 is 0 Å². The van der Waals surface area contributed by atoms with Crippen LogP contribution in [0.15, 0.2) is 30.3 Å². The van der Waals surface area contributed by atoms with E-state index in [1.807, 2.05) is 18.2 Å². The first-order valence-corrected chi connectivity index (χ1v) is 5.93. The number of amidine groups is 1. The first-order chi connectivity index (χ1) is 7.86. The number of fused-ring (bicyclic) bond motifs is 1. The molecule has 2 aliphatic rings. The lowest BCUT2D eigenvalue weighted by Gasteiger charge is -2.29. The summed E-state index contributed by atoms with van der Waals surface area (Å²) in [5.41, 5.74) is 1.20. The number of piperidine rings is 1. The third kappa shape index (κ3) is 2.12. The second-order valence-corrected chi connectivity index (χ2v) is 4.51. The van der Waals surface area contributed by atoms with E-state index in [0.29, 0.717) is 12.1 Å². The Morgan fingerprint density at radius 2 is 1.94 bits per heavy atom. The van der Waals surface area contributed by atoms with Gasteiger partial charge in [0.25, 0.3) is 6.02 Å². The van der Waals surface area contributed by atoms with E-state index < -0.39 is 0 Å². The van der Waals surface area contributed by atoms with Gasteiger partial charge in [-0.05, 0) is 24.8 Å². The zero-order valence-corrected chi connectivity index (χ0v) is 10.5. The van der Waals surface area contributed by atoms with Crippen molar-refractivity contribution in [2.24, 2.45) is 0 Å². The molecular weight excluding hydrogens is 236 g/mol. The summed E-state index contributed by atoms with van der Waals surface area (Å²) < 4.78 is 5.70. The molecule has 2 heterocycles. The summed E-state index contributed by atoms with van der Waals surface area (Å²) in [5, 5.41) is 7.86. The van der Waals surface area contributed by atoms with Gasteiger partial charge in [0.15, 0.2) is 0 Å². The molecule has 0 unspecified atom stereocenters. The number of rotatable bonds is 1. The lowest BCUT2D eigenvalue weighted by atomic mass is 9.94. The molecule has 92 valence electrons. The largest absolute Gasteiger partial charge is 0.455 e. The number of halogens is 1. The van der Waals surface area contributed by atoms with Crippen molar-refractivity contribution in [2.75, 3.05) is 6.54 Å². The van der Waals surface area contributed by atoms with Crippen LogP contribution in [0, 0.1) is 5.41 Å². The summed E-state index contributed by atoms with van der Waals surface area (Å²) in [6, 6.07) is 11.0. The number of nitrogens with zero attached hydrogens (tertiary/aromatic N) is 1. The van der Waals surface area contributed by atoms with Gasteiger partial charge in [0.1, 0.15) is 6.10 Å². The molecule has 1 aromatic carbocycles. The van der Waals surface area contributed by atoms with Crippen molar-refractivity contribution >= 4 is 18.4 Å². The Labute approximate surface area is 108 Å². The van der Waals surface area contributed by atoms with Gasteiger partial charge in [-0.1, -0.05) is 30.3 Å². The molecule has 0 aromatic heterocycles. The van der Waals surface area contributed by atoms with Gasteiger partial charge in [-0.2, -0.15) is 0 Å². The van der Waals surface area contributed by atoms with E-state index in [9.17, 15) is 0 Å². The maximum absolute atomic E-state index is 7.86. The average molecular weight is 253 g/mol. The van der Waals surface area contributed by atoms with Gasteiger partial charge in [-0.15, -0.1) is 12.4 Å². The van der Waals surface area contributed by atoms with Crippen molar-refractivity contribution in [3.05, 3.63) is 35.9 Å². The van der Waals surface area contributed by atoms with Gasteiger partial charge < -0.3 is 9.64 Å². The van der Waals surface area contributed by atoms with Gasteiger partial charge in [0.2, 0.25) is 0 Å². The predicted octanol–water partition coefficient (Wildman–Crippen LogP) is 2.97. The molecule has 1 N–H and O–H groups in total. The molecular formula is C13H17ClN2O. The SMILES string of the molecule is Cl.N=C1O[C@H](c2ccccc2)[C@H]2CCCCN12. The second kappa shape index (κ2) is 4.96. The van der Waals surface area contributed by atoms with Gasteiger partial charge >= 0.3 is 0 Å². The van der Waals surface area contributed by atoms with E-state index in [0.717, 1.165) is 13.0 Å². The van der Waals surface area contributed by atoms with E-state index in [1.54, 1.807) is 0 Å². The lowest BCUT2D eigenvalue weighted by molar-refractivity contribution is 0.167. The Balaban J connectivity index is 0.00000108. The van der Waals surface area contributed by atoms with Crippen LogP contribution in [-0.2, 0) is 4.74 Å². The third-order valence-corrected chi connectivity index (χ3v) is 3.53. The summed E-state index contributed by atoms with van der Waals surface area (Å²) in [6.45, 7) is 0.979. The molecule has 0 spiro atoms. The number of hydrogen-bond donors (Lipinski definition) is 1. The number of nitrogens with one attached hydrogen (secondary N) is 1. The third-order valence-electron chi connectivity index (χ3n) is 3.53. The molecule has 2 atom stereocenters. The van der Waals surface area contributed by atoms with Crippen LogP contribution in [-0.4, -0.2) is 23.5 Å². The molecule has 0 saturated carbocycles. The smallest absolute Gasteiger partial charge is 0.285 e. The van der Waals surface area contributed by atoms with Crippen LogP contribution in [0.4, 0.5) is 0 Å². The first-order valence-electron chi connectivity index (χ1n) is 5.93. The van der Waals surface area contributed by atoms with E-state index in [-0.39, 0.29) is 18.5 Å². The highest BCUT2D eigenvalue weighted by Crippen LogP contribution is 2.37. The summed E-state index contributed by atoms with van der Waals surface area (Å²) in [7, 11) is 0. The Bertz CT molecular complexity index is 396. The van der Waals surface area contributed by atoms with Gasteiger partial charge in [0.05, 0.1) is 6.04 Å². The maximum Gasteiger partial charge on any atom is 0.285 e. The van der Waals surface area contributed by atoms with Crippen molar-refractivity contribution in [2.45, 2.75) is 31.4 Å². The Morgan fingerprint density at radius 1 is 1.18 bits per heavy atom. The van der Waals surface area contributed by atoms with Gasteiger partial charge in [-0.3, -0.25) is 5.41 Å². The first kappa shape index (κ1) is 12.2. The van der Waals surface area contributed by atoms with Crippen molar-refractivity contribution in [1.29, 1.82) is 5.41 Å². The van der Waals surface area contributed by atoms with Crippen LogP contribution in [0.25, 0.3) is 0 Å². The Morgan fingerprint density at radius 3 is 2.71 bits per heavy atom. The molecule has 2 saturated heterocycles. The quantitative estimate of drug-likeness (QED) is 0.834. The zero-order valence-electron chi connectivity index (χ0n) is 9.63. The highest BCUT2D eigenvalue weighted by atomic mass is 35.5. The van der Waals surface area contributed by atoms with Crippen LogP contribution in [0.2, 0.25) is 0 Å². The fourth-order valence-corrected chi connectivity index (χ4v) is 2.72. The molecule has 0 bridgehead atoms. The van der Waals surface area contributed by atoms with Crippen LogP contribution in [0.5, 0.6) is 0 Å². The summed E-state index contributed by atoms with van der Waals surface area (Å²) in [5.74, 6) is 0. The standard InChI is InChI=1S/C13H16N2O.ClH/c14-13-15-9-5-4-8-11(15)12(16-13)10-6-2-1-3-7-10;/h1-3,6-7,11-12,14H,4-5,8-9H2;1H/t11-,12-;/m1./s1. The van der Waals surface area contributed by atoms with Crippen molar-refractivity contribution in [3.8, 4) is 0 Å². The fourth-order valence-electron chi connectivity index (χ4n) is 2.72. The highest BCUT2D eigenvalue weighted by Gasteiger charge is 2.41. The Hall–Kier alpha value is -1.22. The van der Waals surface area contributed by atoms with Crippen LogP contribution >= 0.6 is 12.4 Å². The molecule has 4 heteroatoms. The van der Waals surface area contributed by atoms with Crippen molar-refractivity contribution in [1.82, 2.24) is 4.90 Å². The van der Waals surface area contributed by atoms with E-state index in [2.05, 4.69) is 17.0 Å². The van der Waals surface area contributed by atoms with Crippen LogP contribution in [0.3, 0.4) is 0 Å². The topological polar surface area (TPSA) is 36.3 Å². The summed E-state index contributed by atoms with van der Waals surface area (Å²) >= 11 is 0. The molecule has 0 amide bonds. The van der Waals surface area contributed by atoms with Crippen molar-refractivity contribution in [3.63, 3.8) is 0 Å². The van der Waals surface area contributed by atoms with Gasteiger partial charge in [0, 0.05) is 6.54 Å². The maximum atomic E-state index is 7.86. The molecule has 3 rings (SSSR count). The number of ether oxygens (including phenoxy) is 1. The highest BCUT2D eigenvalue weighted by molar-refractivity contribution is 5.85. The normalized spacial score (nSPS) is 27.1. The molecule has 2 fully saturated rings. The second-order valence-electron chi connectivity index (χ2n) is 4.51. The van der Waals surface area contributed by atoms with E-state index >= 15 is 0 Å². The molecule has 1 aromatic rings. The van der Waals surface area contributed by atoms with Crippen LogP contribution in [0.1, 0.15) is 30.9 Å². The molecule has 2 aliphatic heterocycles. The Kier molecular flexibility index (Phi) is 3.57. The van der Waals surface area contributed by atoms with E-state index in [1.165, 1.54) is 18.4 Å². The fraction of sp³-hybridized carbons (Fsp3) is 0.462. The zero-order chi connectivity index (χ0) is 11.0. The molecule has 0 aliphatic carbocycles. The van der Waals surface area contributed by atoms with E-state index in [4.69, 9.17) is 10.1 Å². The monoisotopic (exact) mass is 252 g/mol. The summed E-state index contributed by atoms with van der Waals surface area (Å²) in [4.78, 5) is 2.11. The molecule has 3 nitrogen and oxygen atoms in total. The minimum atomic E-state index is 0. The molecule has 0 radical (unpaired) electrons. The number of hydrogen-bond acceptors (Lipinski definition) is 2. The predicted molar refractivity (Wildman–Crippen MR) is 69.6 cm³/mol. The molecule has 17 heavy (non-hydrogen) atoms. The number of benzene rings is 1. The minimum absolute atomic E-state index is 0. The minimum Gasteiger partial charge on any atom is -0.455 e. The average Bonchev–Trinajstić information content (AvgIpc) is 2.69. The van der Waals surface area contributed by atoms with Gasteiger partial charge in [-0.25, -0.2) is 0 Å². The lowest BCUT2D eigenvalue weighted by Crippen LogP contribution is -2.38. The summed E-state index contributed by atoms with van der Waals surface area (Å²) in [6.07, 6.45) is 3.64. The van der Waals surface area contributed by atoms with Crippen molar-refractivity contribution < 1.29 is 4.74 Å².